The molecule has 0 aromatic carbocycles. The predicted octanol–water partition coefficient (Wildman–Crippen LogP) is 1.79. The normalized spacial score (nSPS) is 11.1. The smallest absolute Gasteiger partial charge is 0.229 e. The van der Waals surface area contributed by atoms with Gasteiger partial charge in [0, 0.05) is 6.20 Å². The Labute approximate surface area is 90.1 Å². The summed E-state index contributed by atoms with van der Waals surface area (Å²) in [6.07, 6.45) is 2.78. The summed E-state index contributed by atoms with van der Waals surface area (Å²) in [5.74, 6) is 0. The molecular formula is C10H14N2O2S. The van der Waals surface area contributed by atoms with E-state index in [-0.39, 0.29) is 0 Å². The Morgan fingerprint density at radius 1 is 1.53 bits per heavy atom. The van der Waals surface area contributed by atoms with Gasteiger partial charge in [0.15, 0.2) is 0 Å². The van der Waals surface area contributed by atoms with Crippen molar-refractivity contribution in [3.8, 4) is 0 Å². The third-order valence-electron chi connectivity index (χ3n) is 1.88. The average molecular weight is 226 g/mol. The van der Waals surface area contributed by atoms with Gasteiger partial charge in [-0.25, -0.2) is 8.42 Å². The fraction of sp³-hybridized carbons (Fsp3) is 0.300. The van der Waals surface area contributed by atoms with Crippen LogP contribution in [-0.2, 0) is 10.0 Å². The molecule has 1 rings (SSSR count). The Morgan fingerprint density at radius 2 is 2.13 bits per heavy atom. The zero-order valence-corrected chi connectivity index (χ0v) is 9.85. The third kappa shape index (κ3) is 3.36. The van der Waals surface area contributed by atoms with Gasteiger partial charge in [0.05, 0.1) is 17.6 Å². The predicted molar refractivity (Wildman–Crippen MR) is 62.1 cm³/mol. The molecule has 0 aliphatic rings. The molecule has 82 valence electrons. The number of nitrogens with one attached hydrogen (secondary N) is 1. The molecule has 0 aliphatic heterocycles. The molecule has 0 unspecified atom stereocenters. The second-order valence-electron chi connectivity index (χ2n) is 3.51. The maximum atomic E-state index is 11.1. The van der Waals surface area contributed by atoms with Gasteiger partial charge in [-0.3, -0.25) is 9.71 Å². The van der Waals surface area contributed by atoms with Crippen molar-refractivity contribution in [1.82, 2.24) is 4.98 Å². The summed E-state index contributed by atoms with van der Waals surface area (Å²) >= 11 is 0. The van der Waals surface area contributed by atoms with Gasteiger partial charge in [0.2, 0.25) is 10.0 Å². The molecule has 4 nitrogen and oxygen atoms in total. The number of aromatic nitrogens is 1. The highest BCUT2D eigenvalue weighted by molar-refractivity contribution is 7.92. The van der Waals surface area contributed by atoms with Crippen LogP contribution in [0.2, 0.25) is 0 Å². The number of pyridine rings is 1. The van der Waals surface area contributed by atoms with Crippen LogP contribution in [0.25, 0.3) is 5.57 Å². The summed E-state index contributed by atoms with van der Waals surface area (Å²) in [6, 6.07) is 1.73. The molecule has 5 heteroatoms. The van der Waals surface area contributed by atoms with Crippen molar-refractivity contribution >= 4 is 21.3 Å². The number of aryl methyl sites for hydroxylation is 1. The Kier molecular flexibility index (Phi) is 3.14. The molecule has 0 amide bonds. The van der Waals surface area contributed by atoms with Crippen LogP contribution in [-0.4, -0.2) is 19.7 Å². The quantitative estimate of drug-likeness (QED) is 0.854. The number of rotatable bonds is 3. The Bertz CT molecular complexity index is 492. The lowest BCUT2D eigenvalue weighted by Crippen LogP contribution is -2.11. The highest BCUT2D eigenvalue weighted by atomic mass is 32.2. The van der Waals surface area contributed by atoms with Gasteiger partial charge in [-0.05, 0) is 31.1 Å². The van der Waals surface area contributed by atoms with E-state index in [0.29, 0.717) is 11.4 Å². The summed E-state index contributed by atoms with van der Waals surface area (Å²) in [7, 11) is -3.26. The molecular weight excluding hydrogens is 212 g/mol. The van der Waals surface area contributed by atoms with Crippen LogP contribution in [0.5, 0.6) is 0 Å². The van der Waals surface area contributed by atoms with E-state index in [1.807, 2.05) is 6.92 Å². The van der Waals surface area contributed by atoms with Crippen LogP contribution in [0.15, 0.2) is 18.8 Å². The lowest BCUT2D eigenvalue weighted by Gasteiger charge is -2.08. The molecule has 0 aliphatic carbocycles. The summed E-state index contributed by atoms with van der Waals surface area (Å²) < 4.78 is 24.6. The molecule has 0 saturated carbocycles. The van der Waals surface area contributed by atoms with E-state index in [0.717, 1.165) is 17.4 Å². The first kappa shape index (κ1) is 11.7. The van der Waals surface area contributed by atoms with Gasteiger partial charge in [-0.1, -0.05) is 6.58 Å². The van der Waals surface area contributed by atoms with Crippen LogP contribution in [0.1, 0.15) is 18.2 Å². The van der Waals surface area contributed by atoms with Crippen molar-refractivity contribution in [2.24, 2.45) is 0 Å². The fourth-order valence-corrected chi connectivity index (χ4v) is 1.68. The van der Waals surface area contributed by atoms with Crippen LogP contribution in [0, 0.1) is 6.92 Å². The summed E-state index contributed by atoms with van der Waals surface area (Å²) in [5, 5.41) is 0. The van der Waals surface area contributed by atoms with Gasteiger partial charge >= 0.3 is 0 Å². The number of nitrogens with zero attached hydrogens (tertiary/aromatic N) is 1. The van der Waals surface area contributed by atoms with E-state index in [1.54, 1.807) is 19.2 Å². The summed E-state index contributed by atoms with van der Waals surface area (Å²) in [4.78, 5) is 4.10. The van der Waals surface area contributed by atoms with E-state index in [2.05, 4.69) is 16.3 Å². The molecule has 0 atom stereocenters. The van der Waals surface area contributed by atoms with Crippen LogP contribution in [0.3, 0.4) is 0 Å². The standard InChI is InChI=1S/C10H14N2O2S/c1-7(2)9-5-10(8(3)11-6-9)12-15(4,13)14/h5-6,12H,1H2,2-4H3. The maximum absolute atomic E-state index is 11.1. The Hall–Kier alpha value is -1.36. The minimum Gasteiger partial charge on any atom is -0.282 e. The van der Waals surface area contributed by atoms with E-state index in [1.165, 1.54) is 0 Å². The van der Waals surface area contributed by atoms with Crippen molar-refractivity contribution in [3.63, 3.8) is 0 Å². The van der Waals surface area contributed by atoms with Crippen molar-refractivity contribution in [3.05, 3.63) is 30.1 Å². The first-order valence-corrected chi connectivity index (χ1v) is 6.29. The van der Waals surface area contributed by atoms with Crippen LogP contribution >= 0.6 is 0 Å². The molecule has 0 radical (unpaired) electrons. The first-order chi connectivity index (χ1) is 6.79. The van der Waals surface area contributed by atoms with E-state index >= 15 is 0 Å². The molecule has 0 spiro atoms. The monoisotopic (exact) mass is 226 g/mol. The SMILES string of the molecule is C=C(C)c1cnc(C)c(NS(C)(=O)=O)c1. The molecule has 1 aromatic rings. The van der Waals surface area contributed by atoms with E-state index in [9.17, 15) is 8.42 Å². The minimum absolute atomic E-state index is 0.498. The van der Waals surface area contributed by atoms with Crippen molar-refractivity contribution in [2.75, 3.05) is 11.0 Å². The maximum Gasteiger partial charge on any atom is 0.229 e. The third-order valence-corrected chi connectivity index (χ3v) is 2.47. The van der Waals surface area contributed by atoms with Crippen LogP contribution in [0.4, 0.5) is 5.69 Å². The number of hydrogen-bond acceptors (Lipinski definition) is 3. The van der Waals surface area contributed by atoms with Crippen LogP contribution < -0.4 is 4.72 Å². The van der Waals surface area contributed by atoms with Crippen molar-refractivity contribution in [2.45, 2.75) is 13.8 Å². The number of anilines is 1. The average Bonchev–Trinajstić information content (AvgIpc) is 2.06. The topological polar surface area (TPSA) is 59.1 Å². The van der Waals surface area contributed by atoms with E-state index < -0.39 is 10.0 Å². The number of sulfonamides is 1. The largest absolute Gasteiger partial charge is 0.282 e. The van der Waals surface area contributed by atoms with Crippen molar-refractivity contribution < 1.29 is 8.42 Å². The molecule has 0 bridgehead atoms. The molecule has 1 N–H and O–H groups in total. The van der Waals surface area contributed by atoms with Gasteiger partial charge in [-0.15, -0.1) is 0 Å². The molecule has 0 fully saturated rings. The zero-order valence-electron chi connectivity index (χ0n) is 9.03. The molecule has 1 aromatic heterocycles. The minimum atomic E-state index is -3.26. The summed E-state index contributed by atoms with van der Waals surface area (Å²) in [5.41, 5.74) is 2.81. The zero-order chi connectivity index (χ0) is 11.6. The number of allylic oxidation sites excluding steroid dienone is 1. The first-order valence-electron chi connectivity index (χ1n) is 4.40. The van der Waals surface area contributed by atoms with Gasteiger partial charge in [-0.2, -0.15) is 0 Å². The second-order valence-corrected chi connectivity index (χ2v) is 5.26. The highest BCUT2D eigenvalue weighted by Crippen LogP contribution is 2.19. The van der Waals surface area contributed by atoms with Gasteiger partial charge in [0.1, 0.15) is 0 Å². The molecule has 1 heterocycles. The second kappa shape index (κ2) is 4.02. The van der Waals surface area contributed by atoms with Gasteiger partial charge in [0.25, 0.3) is 0 Å². The fourth-order valence-electron chi connectivity index (χ4n) is 1.07. The lowest BCUT2D eigenvalue weighted by atomic mass is 10.1. The highest BCUT2D eigenvalue weighted by Gasteiger charge is 2.07. The molecule has 0 saturated heterocycles. The van der Waals surface area contributed by atoms with Crippen molar-refractivity contribution in [1.29, 1.82) is 0 Å². The Morgan fingerprint density at radius 3 is 2.60 bits per heavy atom. The number of hydrogen-bond donors (Lipinski definition) is 1. The summed E-state index contributed by atoms with van der Waals surface area (Å²) in [6.45, 7) is 7.36. The molecule has 15 heavy (non-hydrogen) atoms. The lowest BCUT2D eigenvalue weighted by molar-refractivity contribution is 0.606. The Balaban J connectivity index is 3.17. The van der Waals surface area contributed by atoms with E-state index in [4.69, 9.17) is 0 Å². The van der Waals surface area contributed by atoms with Gasteiger partial charge < -0.3 is 0 Å².